The van der Waals surface area contributed by atoms with Gasteiger partial charge in [-0.15, -0.1) is 0 Å². The molecule has 0 fully saturated rings. The number of anilines is 1. The molecule has 3 aromatic rings. The van der Waals surface area contributed by atoms with E-state index in [0.29, 0.717) is 17.8 Å². The first-order chi connectivity index (χ1) is 10.1. The van der Waals surface area contributed by atoms with Crippen molar-refractivity contribution in [2.24, 2.45) is 0 Å². The molecule has 0 aromatic carbocycles. The van der Waals surface area contributed by atoms with Crippen molar-refractivity contribution in [3.63, 3.8) is 0 Å². The van der Waals surface area contributed by atoms with Gasteiger partial charge < -0.3 is 5.32 Å². The van der Waals surface area contributed by atoms with Gasteiger partial charge in [-0.3, -0.25) is 0 Å². The van der Waals surface area contributed by atoms with Crippen LogP contribution in [0.2, 0.25) is 0 Å². The number of halogens is 1. The fourth-order valence-electron chi connectivity index (χ4n) is 1.87. The Balaban J connectivity index is 2.18. The third kappa shape index (κ3) is 2.40. The molecule has 0 bridgehead atoms. The number of nitrogens with zero attached hydrogens (tertiary/aromatic N) is 7. The fraction of sp³-hybridized carbons (Fsp3) is 0.250. The van der Waals surface area contributed by atoms with Gasteiger partial charge in [-0.2, -0.15) is 25.1 Å². The van der Waals surface area contributed by atoms with Crippen LogP contribution in [0.4, 0.5) is 5.95 Å². The SMILES string of the molecule is CNc1nc(-n2cccn2)nc(-n2nc(C)c(Br)c2C)n1. The van der Waals surface area contributed by atoms with Crippen LogP contribution in [0.3, 0.4) is 0 Å². The van der Waals surface area contributed by atoms with E-state index < -0.39 is 0 Å². The van der Waals surface area contributed by atoms with Gasteiger partial charge in [-0.1, -0.05) is 0 Å². The molecule has 0 aliphatic rings. The van der Waals surface area contributed by atoms with Crippen LogP contribution in [0, 0.1) is 13.8 Å². The summed E-state index contributed by atoms with van der Waals surface area (Å²) in [5, 5.41) is 11.5. The quantitative estimate of drug-likeness (QED) is 0.774. The number of hydrogen-bond acceptors (Lipinski definition) is 6. The van der Waals surface area contributed by atoms with Crippen molar-refractivity contribution in [3.8, 4) is 11.9 Å². The molecule has 0 saturated carbocycles. The number of nitrogens with one attached hydrogen (secondary N) is 1. The van der Waals surface area contributed by atoms with E-state index in [2.05, 4.69) is 46.4 Å². The van der Waals surface area contributed by atoms with Crippen LogP contribution >= 0.6 is 15.9 Å². The molecule has 0 atom stereocenters. The van der Waals surface area contributed by atoms with Gasteiger partial charge in [-0.25, -0.2) is 9.36 Å². The molecule has 0 aliphatic heterocycles. The van der Waals surface area contributed by atoms with E-state index in [-0.39, 0.29) is 0 Å². The highest BCUT2D eigenvalue weighted by Crippen LogP contribution is 2.22. The molecule has 0 unspecified atom stereocenters. The summed E-state index contributed by atoms with van der Waals surface area (Å²) in [6, 6.07) is 1.81. The Labute approximate surface area is 129 Å². The van der Waals surface area contributed by atoms with Gasteiger partial charge in [0.2, 0.25) is 5.95 Å². The average molecular weight is 349 g/mol. The van der Waals surface area contributed by atoms with Crippen molar-refractivity contribution in [2.45, 2.75) is 13.8 Å². The van der Waals surface area contributed by atoms with Gasteiger partial charge in [-0.05, 0) is 35.8 Å². The zero-order chi connectivity index (χ0) is 15.0. The first kappa shape index (κ1) is 13.7. The number of hydrogen-bond donors (Lipinski definition) is 1. The number of aromatic nitrogens is 7. The Morgan fingerprint density at radius 2 is 1.90 bits per heavy atom. The normalized spacial score (nSPS) is 10.9. The summed E-state index contributed by atoms with van der Waals surface area (Å²) in [6.45, 7) is 3.86. The first-order valence-electron chi connectivity index (χ1n) is 6.26. The second-order valence-electron chi connectivity index (χ2n) is 4.36. The zero-order valence-electron chi connectivity index (χ0n) is 11.7. The highest BCUT2D eigenvalue weighted by atomic mass is 79.9. The molecule has 8 nitrogen and oxygen atoms in total. The predicted octanol–water partition coefficient (Wildman–Crippen LogP) is 1.66. The van der Waals surface area contributed by atoms with Gasteiger partial charge in [0.05, 0.1) is 15.9 Å². The molecule has 1 N–H and O–H groups in total. The van der Waals surface area contributed by atoms with Gasteiger partial charge in [0.1, 0.15) is 0 Å². The molecule has 9 heteroatoms. The maximum atomic E-state index is 4.44. The summed E-state index contributed by atoms with van der Waals surface area (Å²) >= 11 is 3.50. The van der Waals surface area contributed by atoms with E-state index in [1.165, 1.54) is 0 Å². The highest BCUT2D eigenvalue weighted by Gasteiger charge is 2.15. The van der Waals surface area contributed by atoms with Crippen molar-refractivity contribution in [2.75, 3.05) is 12.4 Å². The Morgan fingerprint density at radius 1 is 1.14 bits per heavy atom. The van der Waals surface area contributed by atoms with E-state index in [4.69, 9.17) is 0 Å². The maximum Gasteiger partial charge on any atom is 0.257 e. The second-order valence-corrected chi connectivity index (χ2v) is 5.15. The van der Waals surface area contributed by atoms with Crippen molar-refractivity contribution in [1.82, 2.24) is 34.5 Å². The molecule has 3 rings (SSSR count). The van der Waals surface area contributed by atoms with Crippen LogP contribution in [0.15, 0.2) is 22.9 Å². The standard InChI is InChI=1S/C12H13BrN8/c1-7-9(13)8(2)21(19-7)12-17-10(14-3)16-11(18-12)20-6-4-5-15-20/h4-6H,1-3H3,(H,14,16,17,18). The predicted molar refractivity (Wildman–Crippen MR) is 80.8 cm³/mol. The number of aryl methyl sites for hydroxylation is 1. The molecule has 108 valence electrons. The van der Waals surface area contributed by atoms with Crippen molar-refractivity contribution in [1.29, 1.82) is 0 Å². The summed E-state index contributed by atoms with van der Waals surface area (Å²) in [5.41, 5.74) is 1.80. The van der Waals surface area contributed by atoms with Crippen molar-refractivity contribution in [3.05, 3.63) is 34.3 Å². The Bertz CT molecular complexity index is 777. The monoisotopic (exact) mass is 348 g/mol. The molecular weight excluding hydrogens is 336 g/mol. The summed E-state index contributed by atoms with van der Waals surface area (Å²) < 4.78 is 4.19. The lowest BCUT2D eigenvalue weighted by Crippen LogP contribution is -2.13. The summed E-state index contributed by atoms with van der Waals surface area (Å²) in [7, 11) is 1.75. The summed E-state index contributed by atoms with van der Waals surface area (Å²) in [5.74, 6) is 1.32. The third-order valence-corrected chi connectivity index (χ3v) is 4.08. The van der Waals surface area contributed by atoms with Crippen molar-refractivity contribution < 1.29 is 0 Å². The second kappa shape index (κ2) is 5.24. The third-order valence-electron chi connectivity index (χ3n) is 2.94. The van der Waals surface area contributed by atoms with E-state index >= 15 is 0 Å². The Hall–Kier alpha value is -2.29. The van der Waals surface area contributed by atoms with Crippen LogP contribution in [-0.4, -0.2) is 41.6 Å². The topological polar surface area (TPSA) is 86.3 Å². The molecule has 0 saturated heterocycles. The maximum absolute atomic E-state index is 4.44. The van der Waals surface area contributed by atoms with Crippen LogP contribution < -0.4 is 5.32 Å². The molecule has 3 aromatic heterocycles. The van der Waals surface area contributed by atoms with E-state index in [1.807, 2.05) is 19.9 Å². The van der Waals surface area contributed by atoms with Gasteiger partial charge in [0.15, 0.2) is 0 Å². The minimum atomic E-state index is 0.429. The summed E-state index contributed by atoms with van der Waals surface area (Å²) in [4.78, 5) is 13.1. The van der Waals surface area contributed by atoms with E-state index in [1.54, 1.807) is 28.8 Å². The zero-order valence-corrected chi connectivity index (χ0v) is 13.3. The van der Waals surface area contributed by atoms with E-state index in [9.17, 15) is 0 Å². The molecule has 0 spiro atoms. The van der Waals surface area contributed by atoms with Crippen LogP contribution in [0.1, 0.15) is 11.4 Å². The molecule has 0 amide bonds. The lowest BCUT2D eigenvalue weighted by Gasteiger charge is -2.07. The van der Waals surface area contributed by atoms with Crippen LogP contribution in [0.25, 0.3) is 11.9 Å². The van der Waals surface area contributed by atoms with Gasteiger partial charge in [0, 0.05) is 19.4 Å². The first-order valence-corrected chi connectivity index (χ1v) is 7.05. The average Bonchev–Trinajstić information content (AvgIpc) is 3.12. The highest BCUT2D eigenvalue weighted by molar-refractivity contribution is 9.10. The van der Waals surface area contributed by atoms with Gasteiger partial charge in [0.25, 0.3) is 11.9 Å². The molecule has 21 heavy (non-hydrogen) atoms. The number of rotatable bonds is 3. The smallest absolute Gasteiger partial charge is 0.257 e. The Morgan fingerprint density at radius 3 is 2.48 bits per heavy atom. The largest absolute Gasteiger partial charge is 0.357 e. The van der Waals surface area contributed by atoms with Crippen molar-refractivity contribution >= 4 is 21.9 Å². The van der Waals surface area contributed by atoms with Crippen LogP contribution in [0.5, 0.6) is 0 Å². The molecule has 3 heterocycles. The fourth-order valence-corrected chi connectivity index (χ4v) is 2.12. The summed E-state index contributed by atoms with van der Waals surface area (Å²) in [6.07, 6.45) is 3.44. The Kier molecular flexibility index (Phi) is 3.42. The lowest BCUT2D eigenvalue weighted by molar-refractivity contribution is 0.731. The minimum Gasteiger partial charge on any atom is -0.357 e. The lowest BCUT2D eigenvalue weighted by atomic mass is 10.4. The van der Waals surface area contributed by atoms with E-state index in [0.717, 1.165) is 15.9 Å². The van der Waals surface area contributed by atoms with Crippen LogP contribution in [-0.2, 0) is 0 Å². The minimum absolute atomic E-state index is 0.429. The molecule has 0 aliphatic carbocycles. The molecular formula is C12H13BrN8. The molecule has 0 radical (unpaired) electrons. The van der Waals surface area contributed by atoms with Gasteiger partial charge >= 0.3 is 0 Å².